The molecule has 0 radical (unpaired) electrons. The predicted molar refractivity (Wildman–Crippen MR) is 44.0 cm³/mol. The van der Waals surface area contributed by atoms with Crippen LogP contribution in [-0.4, -0.2) is 30.6 Å². The van der Waals surface area contributed by atoms with Gasteiger partial charge in [0.15, 0.2) is 18.0 Å². The summed E-state index contributed by atoms with van der Waals surface area (Å²) in [6.07, 6.45) is 1.21. The molecule has 0 N–H and O–H groups in total. The van der Waals surface area contributed by atoms with E-state index in [1.807, 2.05) is 0 Å². The fraction of sp³-hybridized carbons (Fsp3) is 0.889. The van der Waals surface area contributed by atoms with E-state index in [1.54, 1.807) is 13.8 Å². The van der Waals surface area contributed by atoms with Gasteiger partial charge in [-0.15, -0.1) is 0 Å². The number of ether oxygens (including phenoxy) is 3. The van der Waals surface area contributed by atoms with Gasteiger partial charge in [0.25, 0.3) is 0 Å². The fourth-order valence-corrected chi connectivity index (χ4v) is 1.57. The summed E-state index contributed by atoms with van der Waals surface area (Å²) < 4.78 is 16.1. The highest BCUT2D eigenvalue weighted by Crippen LogP contribution is 2.29. The first-order valence-electron chi connectivity index (χ1n) is 4.60. The molecule has 0 aromatic heterocycles. The molecular formula is C9H14O4. The summed E-state index contributed by atoms with van der Waals surface area (Å²) in [7, 11) is 0. The Morgan fingerprint density at radius 1 is 1.46 bits per heavy atom. The fourth-order valence-electron chi connectivity index (χ4n) is 1.57. The summed E-state index contributed by atoms with van der Waals surface area (Å²) in [6, 6.07) is 0. The highest BCUT2D eigenvalue weighted by atomic mass is 16.7. The maximum absolute atomic E-state index is 11.4. The Morgan fingerprint density at radius 3 is 3.00 bits per heavy atom. The minimum Gasteiger partial charge on any atom is -0.455 e. The first-order valence-corrected chi connectivity index (χ1v) is 4.60. The molecule has 0 spiro atoms. The van der Waals surface area contributed by atoms with Crippen LogP contribution >= 0.6 is 0 Å². The number of carbonyl (C=O) groups is 1. The van der Waals surface area contributed by atoms with E-state index >= 15 is 0 Å². The molecule has 0 aromatic carbocycles. The first-order chi connectivity index (χ1) is 6.09. The van der Waals surface area contributed by atoms with Crippen LogP contribution < -0.4 is 0 Å². The second kappa shape index (κ2) is 2.96. The van der Waals surface area contributed by atoms with Crippen LogP contribution in [0.2, 0.25) is 0 Å². The maximum Gasteiger partial charge on any atom is 0.338 e. The normalized spacial score (nSPS) is 37.8. The van der Waals surface area contributed by atoms with Crippen molar-refractivity contribution in [3.05, 3.63) is 0 Å². The molecule has 4 heteroatoms. The molecule has 4 nitrogen and oxygen atoms in total. The van der Waals surface area contributed by atoms with Crippen LogP contribution in [0.25, 0.3) is 0 Å². The molecule has 0 aliphatic carbocycles. The van der Waals surface area contributed by atoms with Crippen LogP contribution in [0.4, 0.5) is 0 Å². The van der Waals surface area contributed by atoms with Crippen molar-refractivity contribution in [2.45, 2.75) is 44.7 Å². The Bertz CT molecular complexity index is 224. The number of carbonyl (C=O) groups excluding carboxylic acids is 1. The van der Waals surface area contributed by atoms with Crippen LogP contribution in [-0.2, 0) is 19.0 Å². The minimum atomic E-state index is -0.863. The zero-order chi connectivity index (χ0) is 9.47. The quantitative estimate of drug-likeness (QED) is 0.526. The highest BCUT2D eigenvalue weighted by Gasteiger charge is 2.45. The Balaban J connectivity index is 2.10. The monoisotopic (exact) mass is 186 g/mol. The largest absolute Gasteiger partial charge is 0.455 e. The molecule has 0 aromatic rings. The van der Waals surface area contributed by atoms with Gasteiger partial charge in [0.05, 0.1) is 6.61 Å². The van der Waals surface area contributed by atoms with Gasteiger partial charge in [0, 0.05) is 0 Å². The Hall–Kier alpha value is -0.610. The van der Waals surface area contributed by atoms with Crippen LogP contribution in [0, 0.1) is 0 Å². The third-order valence-corrected chi connectivity index (χ3v) is 2.38. The summed E-state index contributed by atoms with van der Waals surface area (Å²) in [5.74, 6) is -0.292. The molecule has 2 saturated heterocycles. The molecule has 2 unspecified atom stereocenters. The van der Waals surface area contributed by atoms with Crippen molar-refractivity contribution in [1.29, 1.82) is 0 Å². The van der Waals surface area contributed by atoms with Crippen molar-refractivity contribution in [2.75, 3.05) is 6.61 Å². The lowest BCUT2D eigenvalue weighted by atomic mass is 10.1. The maximum atomic E-state index is 11.4. The van der Waals surface area contributed by atoms with E-state index in [1.165, 1.54) is 0 Å². The second-order valence-corrected chi connectivity index (χ2v) is 3.95. The molecule has 0 saturated carbocycles. The zero-order valence-corrected chi connectivity index (χ0v) is 7.91. The molecule has 2 aliphatic rings. The predicted octanol–water partition coefficient (Wildman–Crippen LogP) is 0.843. The average molecular weight is 186 g/mol. The third kappa shape index (κ3) is 1.56. The number of hydrogen-bond acceptors (Lipinski definition) is 4. The molecule has 2 rings (SSSR count). The third-order valence-electron chi connectivity index (χ3n) is 2.38. The summed E-state index contributed by atoms with van der Waals surface area (Å²) >= 11 is 0. The molecule has 13 heavy (non-hydrogen) atoms. The number of hydrogen-bond donors (Lipinski definition) is 0. The first kappa shape index (κ1) is 8.97. The van der Waals surface area contributed by atoms with Crippen LogP contribution in [0.5, 0.6) is 0 Å². The van der Waals surface area contributed by atoms with E-state index in [4.69, 9.17) is 14.2 Å². The van der Waals surface area contributed by atoms with Gasteiger partial charge >= 0.3 is 5.97 Å². The van der Waals surface area contributed by atoms with Gasteiger partial charge in [-0.2, -0.15) is 0 Å². The van der Waals surface area contributed by atoms with E-state index in [9.17, 15) is 4.79 Å². The van der Waals surface area contributed by atoms with E-state index < -0.39 is 5.60 Å². The van der Waals surface area contributed by atoms with Crippen molar-refractivity contribution < 1.29 is 19.0 Å². The van der Waals surface area contributed by atoms with E-state index in [2.05, 4.69) is 0 Å². The van der Waals surface area contributed by atoms with E-state index in [0.717, 1.165) is 12.8 Å². The highest BCUT2D eigenvalue weighted by molar-refractivity contribution is 5.79. The van der Waals surface area contributed by atoms with Gasteiger partial charge in [-0.3, -0.25) is 0 Å². The summed E-state index contributed by atoms with van der Waals surface area (Å²) in [5, 5.41) is 0. The van der Waals surface area contributed by atoms with Gasteiger partial charge in [-0.05, 0) is 26.7 Å². The Kier molecular flexibility index (Phi) is 2.04. The van der Waals surface area contributed by atoms with E-state index in [0.29, 0.717) is 6.61 Å². The zero-order valence-electron chi connectivity index (χ0n) is 7.91. The Labute approximate surface area is 77.1 Å². The molecule has 2 aliphatic heterocycles. The molecule has 2 fully saturated rings. The molecule has 0 amide bonds. The Morgan fingerprint density at radius 2 is 2.23 bits per heavy atom. The lowest BCUT2D eigenvalue weighted by Crippen LogP contribution is -2.54. The van der Waals surface area contributed by atoms with Crippen molar-refractivity contribution in [1.82, 2.24) is 0 Å². The van der Waals surface area contributed by atoms with Crippen LogP contribution in [0.15, 0.2) is 0 Å². The summed E-state index contributed by atoms with van der Waals surface area (Å²) in [6.45, 7) is 4.09. The molecule has 2 atom stereocenters. The number of esters is 1. The smallest absolute Gasteiger partial charge is 0.338 e. The molecule has 2 heterocycles. The molecule has 0 bridgehead atoms. The van der Waals surface area contributed by atoms with Crippen molar-refractivity contribution in [3.63, 3.8) is 0 Å². The lowest BCUT2D eigenvalue weighted by molar-refractivity contribution is -0.294. The summed E-state index contributed by atoms with van der Waals surface area (Å²) in [5.41, 5.74) is -0.863. The van der Waals surface area contributed by atoms with Crippen LogP contribution in [0.3, 0.4) is 0 Å². The van der Waals surface area contributed by atoms with Crippen molar-refractivity contribution in [3.8, 4) is 0 Å². The van der Waals surface area contributed by atoms with Gasteiger partial charge in [0.1, 0.15) is 0 Å². The topological polar surface area (TPSA) is 44.8 Å². The minimum absolute atomic E-state index is 0.200. The second-order valence-electron chi connectivity index (χ2n) is 3.95. The van der Waals surface area contributed by atoms with Crippen molar-refractivity contribution >= 4 is 5.97 Å². The summed E-state index contributed by atoms with van der Waals surface area (Å²) in [4.78, 5) is 11.4. The SMILES string of the molecule is CC1(C)OC2OCCCC2OC1=O. The van der Waals surface area contributed by atoms with Gasteiger partial charge in [0.2, 0.25) is 0 Å². The van der Waals surface area contributed by atoms with Gasteiger partial charge < -0.3 is 14.2 Å². The van der Waals surface area contributed by atoms with E-state index in [-0.39, 0.29) is 18.4 Å². The molecular weight excluding hydrogens is 172 g/mol. The number of rotatable bonds is 0. The van der Waals surface area contributed by atoms with Crippen LogP contribution in [0.1, 0.15) is 26.7 Å². The standard InChI is InChI=1S/C9H14O4/c1-9(2)8(10)12-6-4-3-5-11-7(6)13-9/h6-7H,3-5H2,1-2H3. The van der Waals surface area contributed by atoms with Crippen molar-refractivity contribution in [2.24, 2.45) is 0 Å². The molecule has 74 valence electrons. The van der Waals surface area contributed by atoms with Gasteiger partial charge in [-0.25, -0.2) is 4.79 Å². The van der Waals surface area contributed by atoms with Gasteiger partial charge in [-0.1, -0.05) is 0 Å². The average Bonchev–Trinajstić information content (AvgIpc) is 2.06. The lowest BCUT2D eigenvalue weighted by Gasteiger charge is -2.41. The number of fused-ring (bicyclic) bond motifs is 1.